The SMILES string of the molecule is CC(=O)NCCNc1cc(Oc2ccc3nc(N(C)C4CCCCC4)sc3c2)ncn1. The minimum Gasteiger partial charge on any atom is -0.439 e. The molecular formula is C22H28N6O2S. The lowest BCUT2D eigenvalue weighted by Gasteiger charge is -2.30. The summed E-state index contributed by atoms with van der Waals surface area (Å²) in [5, 5.41) is 6.94. The molecule has 0 spiro atoms. The van der Waals surface area contributed by atoms with Gasteiger partial charge in [-0.05, 0) is 25.0 Å². The maximum atomic E-state index is 10.9. The molecule has 31 heavy (non-hydrogen) atoms. The van der Waals surface area contributed by atoms with Crippen molar-refractivity contribution in [2.45, 2.75) is 45.1 Å². The highest BCUT2D eigenvalue weighted by molar-refractivity contribution is 7.22. The van der Waals surface area contributed by atoms with Gasteiger partial charge in [0.2, 0.25) is 11.8 Å². The maximum Gasteiger partial charge on any atom is 0.224 e. The normalized spacial score (nSPS) is 14.4. The Morgan fingerprint density at radius 3 is 2.84 bits per heavy atom. The first-order chi connectivity index (χ1) is 15.1. The Labute approximate surface area is 186 Å². The fourth-order valence-electron chi connectivity index (χ4n) is 3.77. The Kier molecular flexibility index (Phi) is 6.81. The third-order valence-electron chi connectivity index (χ3n) is 5.44. The number of amides is 1. The molecule has 1 aliphatic rings. The molecule has 1 saturated carbocycles. The van der Waals surface area contributed by atoms with Crippen LogP contribution >= 0.6 is 11.3 Å². The number of thiazole rings is 1. The molecule has 8 nitrogen and oxygen atoms in total. The second kappa shape index (κ2) is 9.91. The summed E-state index contributed by atoms with van der Waals surface area (Å²) in [4.78, 5) is 26.5. The van der Waals surface area contributed by atoms with Crippen LogP contribution in [0.5, 0.6) is 11.6 Å². The van der Waals surface area contributed by atoms with Crippen LogP contribution in [0.3, 0.4) is 0 Å². The molecule has 2 heterocycles. The summed E-state index contributed by atoms with van der Waals surface area (Å²) in [5.41, 5.74) is 0.984. The molecular weight excluding hydrogens is 412 g/mol. The number of fused-ring (bicyclic) bond motifs is 1. The largest absolute Gasteiger partial charge is 0.439 e. The van der Waals surface area contributed by atoms with Gasteiger partial charge in [-0.2, -0.15) is 0 Å². The molecule has 1 aromatic carbocycles. The molecule has 2 N–H and O–H groups in total. The number of aromatic nitrogens is 3. The standard InChI is InChI=1S/C22H28N6O2S/c1-15(29)23-10-11-24-20-13-21(26-14-25-20)30-17-8-9-18-19(12-17)31-22(27-18)28(2)16-6-4-3-5-7-16/h8-9,12-14,16H,3-7,10-11H2,1-2H3,(H,23,29)(H,24,25,26). The summed E-state index contributed by atoms with van der Waals surface area (Å²) >= 11 is 1.70. The topological polar surface area (TPSA) is 92.3 Å². The molecule has 4 rings (SSSR count). The van der Waals surface area contributed by atoms with E-state index in [4.69, 9.17) is 9.72 Å². The van der Waals surface area contributed by atoms with Crippen molar-refractivity contribution >= 4 is 38.4 Å². The average Bonchev–Trinajstić information content (AvgIpc) is 3.20. The van der Waals surface area contributed by atoms with E-state index in [0.717, 1.165) is 15.3 Å². The van der Waals surface area contributed by atoms with Gasteiger partial charge in [-0.1, -0.05) is 30.6 Å². The number of ether oxygens (including phenoxy) is 1. The van der Waals surface area contributed by atoms with E-state index >= 15 is 0 Å². The van der Waals surface area contributed by atoms with E-state index in [1.165, 1.54) is 45.4 Å². The van der Waals surface area contributed by atoms with Crippen LogP contribution in [-0.4, -0.2) is 47.0 Å². The molecule has 1 amide bonds. The number of carbonyl (C=O) groups excluding carboxylic acids is 1. The van der Waals surface area contributed by atoms with Crippen LogP contribution in [0.15, 0.2) is 30.6 Å². The number of benzene rings is 1. The molecule has 3 aromatic rings. The van der Waals surface area contributed by atoms with Gasteiger partial charge in [-0.15, -0.1) is 0 Å². The zero-order valence-corrected chi connectivity index (χ0v) is 18.7. The van der Waals surface area contributed by atoms with Crippen LogP contribution in [0, 0.1) is 0 Å². The van der Waals surface area contributed by atoms with Gasteiger partial charge in [0, 0.05) is 45.2 Å². The number of hydrogen-bond donors (Lipinski definition) is 2. The van der Waals surface area contributed by atoms with Crippen molar-refractivity contribution in [1.82, 2.24) is 20.3 Å². The molecule has 0 bridgehead atoms. The number of nitrogens with one attached hydrogen (secondary N) is 2. The van der Waals surface area contributed by atoms with Gasteiger partial charge in [-0.25, -0.2) is 15.0 Å². The minimum absolute atomic E-state index is 0.0555. The van der Waals surface area contributed by atoms with E-state index in [-0.39, 0.29) is 5.91 Å². The van der Waals surface area contributed by atoms with Gasteiger partial charge in [0.1, 0.15) is 17.9 Å². The molecule has 0 unspecified atom stereocenters. The number of rotatable bonds is 8. The first-order valence-corrected chi connectivity index (χ1v) is 11.5. The molecule has 0 atom stereocenters. The highest BCUT2D eigenvalue weighted by Gasteiger charge is 2.21. The van der Waals surface area contributed by atoms with E-state index in [0.29, 0.717) is 36.6 Å². The van der Waals surface area contributed by atoms with Gasteiger partial charge >= 0.3 is 0 Å². The fraction of sp³-hybridized carbons (Fsp3) is 0.455. The molecule has 9 heteroatoms. The number of nitrogens with zero attached hydrogens (tertiary/aromatic N) is 4. The molecule has 0 saturated heterocycles. The molecule has 0 radical (unpaired) electrons. The van der Waals surface area contributed by atoms with Crippen LogP contribution in [0.4, 0.5) is 10.9 Å². The third kappa shape index (κ3) is 5.61. The van der Waals surface area contributed by atoms with E-state index in [1.54, 1.807) is 17.4 Å². The minimum atomic E-state index is -0.0555. The molecule has 1 fully saturated rings. The van der Waals surface area contributed by atoms with Crippen molar-refractivity contribution in [3.8, 4) is 11.6 Å². The zero-order chi connectivity index (χ0) is 21.6. The van der Waals surface area contributed by atoms with Crippen LogP contribution in [0.2, 0.25) is 0 Å². The highest BCUT2D eigenvalue weighted by Crippen LogP contribution is 2.35. The van der Waals surface area contributed by atoms with E-state index in [1.807, 2.05) is 18.2 Å². The summed E-state index contributed by atoms with van der Waals surface area (Å²) in [6.45, 7) is 2.59. The summed E-state index contributed by atoms with van der Waals surface area (Å²) in [6.07, 6.45) is 7.91. The number of carbonyl (C=O) groups is 1. The van der Waals surface area contributed by atoms with Gasteiger partial charge in [-0.3, -0.25) is 4.79 Å². The van der Waals surface area contributed by atoms with Crippen LogP contribution in [0.1, 0.15) is 39.0 Å². The lowest BCUT2D eigenvalue weighted by atomic mass is 9.95. The smallest absolute Gasteiger partial charge is 0.224 e. The Bertz CT molecular complexity index is 1030. The predicted molar refractivity (Wildman–Crippen MR) is 124 cm³/mol. The van der Waals surface area contributed by atoms with Crippen molar-refractivity contribution in [2.75, 3.05) is 30.4 Å². The van der Waals surface area contributed by atoms with Gasteiger partial charge in [0.15, 0.2) is 5.13 Å². The summed E-state index contributed by atoms with van der Waals surface area (Å²) < 4.78 is 7.06. The van der Waals surface area contributed by atoms with Crippen LogP contribution in [0.25, 0.3) is 10.2 Å². The van der Waals surface area contributed by atoms with Crippen molar-refractivity contribution in [1.29, 1.82) is 0 Å². The molecule has 164 valence electrons. The van der Waals surface area contributed by atoms with Crippen molar-refractivity contribution in [3.05, 3.63) is 30.6 Å². The Morgan fingerprint density at radius 1 is 1.19 bits per heavy atom. The Hall–Kier alpha value is -2.94. The van der Waals surface area contributed by atoms with E-state index in [9.17, 15) is 4.79 Å². The van der Waals surface area contributed by atoms with Crippen molar-refractivity contribution < 1.29 is 9.53 Å². The lowest BCUT2D eigenvalue weighted by molar-refractivity contribution is -0.118. The Balaban J connectivity index is 1.42. The third-order valence-corrected chi connectivity index (χ3v) is 6.55. The summed E-state index contributed by atoms with van der Waals surface area (Å²) in [5.74, 6) is 1.76. The maximum absolute atomic E-state index is 10.9. The highest BCUT2D eigenvalue weighted by atomic mass is 32.1. The predicted octanol–water partition coefficient (Wildman–Crippen LogP) is 4.20. The summed E-state index contributed by atoms with van der Waals surface area (Å²) in [6, 6.07) is 8.25. The first-order valence-electron chi connectivity index (χ1n) is 10.7. The quantitative estimate of drug-likeness (QED) is 0.507. The van der Waals surface area contributed by atoms with Crippen molar-refractivity contribution in [2.24, 2.45) is 0 Å². The van der Waals surface area contributed by atoms with Crippen molar-refractivity contribution in [3.63, 3.8) is 0 Å². The number of anilines is 2. The molecule has 1 aliphatic carbocycles. The van der Waals surface area contributed by atoms with Crippen LogP contribution < -0.4 is 20.3 Å². The summed E-state index contributed by atoms with van der Waals surface area (Å²) in [7, 11) is 2.16. The number of hydrogen-bond acceptors (Lipinski definition) is 8. The lowest BCUT2D eigenvalue weighted by Crippen LogP contribution is -2.33. The average molecular weight is 441 g/mol. The second-order valence-corrected chi connectivity index (χ2v) is 8.79. The van der Waals surface area contributed by atoms with E-state index in [2.05, 4.69) is 32.5 Å². The zero-order valence-electron chi connectivity index (χ0n) is 17.9. The first kappa shape index (κ1) is 21.3. The molecule has 2 aromatic heterocycles. The monoisotopic (exact) mass is 440 g/mol. The van der Waals surface area contributed by atoms with Gasteiger partial charge in [0.05, 0.1) is 10.2 Å². The van der Waals surface area contributed by atoms with Crippen LogP contribution in [-0.2, 0) is 4.79 Å². The second-order valence-electron chi connectivity index (χ2n) is 7.78. The Morgan fingerprint density at radius 2 is 2.03 bits per heavy atom. The van der Waals surface area contributed by atoms with E-state index < -0.39 is 0 Å². The van der Waals surface area contributed by atoms with Gasteiger partial charge in [0.25, 0.3) is 0 Å². The molecule has 0 aliphatic heterocycles. The fourth-order valence-corrected chi connectivity index (χ4v) is 4.80. The van der Waals surface area contributed by atoms with Gasteiger partial charge < -0.3 is 20.3 Å².